The maximum absolute atomic E-state index is 12.4. The molecule has 18 heavy (non-hydrogen) atoms. The van der Waals surface area contributed by atoms with E-state index in [1.807, 2.05) is 13.8 Å². The fourth-order valence-electron chi connectivity index (χ4n) is 2.47. The van der Waals surface area contributed by atoms with Crippen LogP contribution in [0.15, 0.2) is 0 Å². The monoisotopic (exact) mass is 277 g/mol. The van der Waals surface area contributed by atoms with Crippen LogP contribution in [0.2, 0.25) is 0 Å². The average molecular weight is 277 g/mol. The third-order valence-corrected chi connectivity index (χ3v) is 6.04. The molecular weight excluding hydrogens is 254 g/mol. The molecule has 2 unspecified atom stereocenters. The lowest BCUT2D eigenvalue weighted by atomic mass is 10.0. The van der Waals surface area contributed by atoms with Crippen molar-refractivity contribution in [3.05, 3.63) is 0 Å². The molecule has 0 spiro atoms. The Bertz CT molecular complexity index is 380. The van der Waals surface area contributed by atoms with Gasteiger partial charge < -0.3 is 5.11 Å². The number of carboxylic acids is 1. The fourth-order valence-corrected chi connectivity index (χ4v) is 4.62. The Hall–Kier alpha value is -0.620. The summed E-state index contributed by atoms with van der Waals surface area (Å²) in [6.45, 7) is 4.44. The molecule has 0 aliphatic carbocycles. The van der Waals surface area contributed by atoms with Gasteiger partial charge in [0.2, 0.25) is 10.0 Å². The van der Waals surface area contributed by atoms with Gasteiger partial charge in [-0.15, -0.1) is 0 Å². The second kappa shape index (κ2) is 6.52. The number of carbonyl (C=O) groups is 1. The van der Waals surface area contributed by atoms with Crippen molar-refractivity contribution in [2.75, 3.05) is 13.1 Å². The van der Waals surface area contributed by atoms with Gasteiger partial charge in [0.25, 0.3) is 0 Å². The summed E-state index contributed by atoms with van der Waals surface area (Å²) in [5.74, 6) is -1.44. The number of hydrogen-bond donors (Lipinski definition) is 1. The fraction of sp³-hybridized carbons (Fsp3) is 0.917. The third-order valence-electron chi connectivity index (χ3n) is 3.58. The van der Waals surface area contributed by atoms with E-state index in [2.05, 4.69) is 0 Å². The van der Waals surface area contributed by atoms with Crippen molar-refractivity contribution in [3.63, 3.8) is 0 Å². The van der Waals surface area contributed by atoms with E-state index in [0.717, 1.165) is 6.42 Å². The topological polar surface area (TPSA) is 74.7 Å². The van der Waals surface area contributed by atoms with Gasteiger partial charge in [0.05, 0.1) is 11.2 Å². The molecule has 2 atom stereocenters. The molecule has 0 aromatic carbocycles. The minimum Gasteiger partial charge on any atom is -0.481 e. The summed E-state index contributed by atoms with van der Waals surface area (Å²) >= 11 is 0. The zero-order valence-corrected chi connectivity index (χ0v) is 11.9. The molecule has 1 aliphatic heterocycles. The van der Waals surface area contributed by atoms with Gasteiger partial charge in [-0.05, 0) is 25.7 Å². The summed E-state index contributed by atoms with van der Waals surface area (Å²) < 4.78 is 26.2. The first kappa shape index (κ1) is 15.4. The van der Waals surface area contributed by atoms with Crippen LogP contribution in [-0.4, -0.2) is 42.1 Å². The Balaban J connectivity index is 2.80. The standard InChI is InChI=1S/C12H23NO4S/c1-3-6-11(4-2)18(16,17)13-8-5-7-10(9-13)12(14)15/h10-11H,3-9H2,1-2H3,(H,14,15). The van der Waals surface area contributed by atoms with Gasteiger partial charge in [-0.2, -0.15) is 0 Å². The maximum Gasteiger partial charge on any atom is 0.307 e. The van der Waals surface area contributed by atoms with E-state index in [1.54, 1.807) is 0 Å². The molecule has 1 fully saturated rings. The molecule has 6 heteroatoms. The zero-order chi connectivity index (χ0) is 13.8. The summed E-state index contributed by atoms with van der Waals surface area (Å²) in [6, 6.07) is 0. The summed E-state index contributed by atoms with van der Waals surface area (Å²) in [5, 5.41) is 8.63. The van der Waals surface area contributed by atoms with Crippen molar-refractivity contribution >= 4 is 16.0 Å². The molecule has 0 aromatic heterocycles. The van der Waals surface area contributed by atoms with Gasteiger partial charge in [0.1, 0.15) is 0 Å². The molecule has 1 saturated heterocycles. The number of sulfonamides is 1. The zero-order valence-electron chi connectivity index (χ0n) is 11.1. The lowest BCUT2D eigenvalue weighted by molar-refractivity contribution is -0.142. The Kier molecular flexibility index (Phi) is 5.59. The van der Waals surface area contributed by atoms with Gasteiger partial charge in [0, 0.05) is 13.1 Å². The summed E-state index contributed by atoms with van der Waals surface area (Å²) in [6.07, 6.45) is 3.27. The SMILES string of the molecule is CCCC(CC)S(=O)(=O)N1CCCC(C(=O)O)C1. The molecule has 106 valence electrons. The Morgan fingerprint density at radius 1 is 1.44 bits per heavy atom. The van der Waals surface area contributed by atoms with Crippen LogP contribution in [0, 0.1) is 5.92 Å². The second-order valence-corrected chi connectivity index (χ2v) is 7.11. The molecule has 0 aromatic rings. The average Bonchev–Trinajstić information content (AvgIpc) is 2.35. The summed E-state index contributed by atoms with van der Waals surface area (Å²) in [7, 11) is -3.33. The van der Waals surface area contributed by atoms with Crippen LogP contribution in [0.4, 0.5) is 0 Å². The van der Waals surface area contributed by atoms with Crippen LogP contribution in [0.1, 0.15) is 46.0 Å². The van der Waals surface area contributed by atoms with E-state index in [9.17, 15) is 13.2 Å². The highest BCUT2D eigenvalue weighted by molar-refractivity contribution is 7.89. The highest BCUT2D eigenvalue weighted by Crippen LogP contribution is 2.24. The number of nitrogens with zero attached hydrogens (tertiary/aromatic N) is 1. The van der Waals surface area contributed by atoms with Crippen molar-refractivity contribution in [1.29, 1.82) is 0 Å². The Labute approximate surface area is 109 Å². The van der Waals surface area contributed by atoms with Gasteiger partial charge in [-0.25, -0.2) is 12.7 Å². The molecule has 0 bridgehead atoms. The summed E-state index contributed by atoms with van der Waals surface area (Å²) in [4.78, 5) is 11.0. The first-order chi connectivity index (χ1) is 8.43. The van der Waals surface area contributed by atoms with Crippen LogP contribution in [0.3, 0.4) is 0 Å². The highest BCUT2D eigenvalue weighted by Gasteiger charge is 2.35. The van der Waals surface area contributed by atoms with E-state index in [1.165, 1.54) is 4.31 Å². The van der Waals surface area contributed by atoms with Gasteiger partial charge in [-0.3, -0.25) is 4.79 Å². The molecule has 0 amide bonds. The second-order valence-electron chi connectivity index (χ2n) is 4.90. The first-order valence-corrected chi connectivity index (χ1v) is 8.15. The van der Waals surface area contributed by atoms with E-state index < -0.39 is 21.9 Å². The van der Waals surface area contributed by atoms with Gasteiger partial charge >= 0.3 is 5.97 Å². The van der Waals surface area contributed by atoms with E-state index in [-0.39, 0.29) is 11.8 Å². The van der Waals surface area contributed by atoms with Crippen molar-refractivity contribution in [1.82, 2.24) is 4.31 Å². The van der Waals surface area contributed by atoms with E-state index in [0.29, 0.717) is 32.2 Å². The Morgan fingerprint density at radius 3 is 2.61 bits per heavy atom. The van der Waals surface area contributed by atoms with Crippen LogP contribution >= 0.6 is 0 Å². The minimum absolute atomic E-state index is 0.137. The first-order valence-electron chi connectivity index (χ1n) is 6.65. The lowest BCUT2D eigenvalue weighted by Gasteiger charge is -2.32. The molecule has 1 aliphatic rings. The number of piperidine rings is 1. The van der Waals surface area contributed by atoms with Crippen molar-refractivity contribution in [2.24, 2.45) is 5.92 Å². The van der Waals surface area contributed by atoms with Crippen LogP contribution in [0.25, 0.3) is 0 Å². The number of hydrogen-bond acceptors (Lipinski definition) is 3. The molecular formula is C12H23NO4S. The van der Waals surface area contributed by atoms with Crippen LogP contribution < -0.4 is 0 Å². The molecule has 1 rings (SSSR count). The van der Waals surface area contributed by atoms with Crippen LogP contribution in [0.5, 0.6) is 0 Å². The predicted molar refractivity (Wildman–Crippen MR) is 69.8 cm³/mol. The maximum atomic E-state index is 12.4. The number of rotatable bonds is 6. The quantitative estimate of drug-likeness (QED) is 0.801. The molecule has 5 nitrogen and oxygen atoms in total. The van der Waals surface area contributed by atoms with Crippen molar-refractivity contribution in [3.8, 4) is 0 Å². The molecule has 1 N–H and O–H groups in total. The lowest BCUT2D eigenvalue weighted by Crippen LogP contribution is -2.46. The van der Waals surface area contributed by atoms with Gasteiger partial charge in [-0.1, -0.05) is 20.3 Å². The highest BCUT2D eigenvalue weighted by atomic mass is 32.2. The predicted octanol–water partition coefficient (Wildman–Crippen LogP) is 1.69. The molecule has 0 radical (unpaired) electrons. The largest absolute Gasteiger partial charge is 0.481 e. The number of aliphatic carboxylic acids is 1. The molecule has 0 saturated carbocycles. The summed E-state index contributed by atoms with van der Waals surface area (Å²) in [5.41, 5.74) is 0. The van der Waals surface area contributed by atoms with Crippen molar-refractivity contribution in [2.45, 2.75) is 51.2 Å². The third kappa shape index (κ3) is 3.45. The minimum atomic E-state index is -3.33. The van der Waals surface area contributed by atoms with E-state index in [4.69, 9.17) is 5.11 Å². The number of carboxylic acid groups (broad SMARTS) is 1. The Morgan fingerprint density at radius 2 is 2.11 bits per heavy atom. The molecule has 1 heterocycles. The smallest absolute Gasteiger partial charge is 0.307 e. The van der Waals surface area contributed by atoms with Crippen LogP contribution in [-0.2, 0) is 14.8 Å². The normalized spacial score (nSPS) is 23.8. The van der Waals surface area contributed by atoms with Crippen molar-refractivity contribution < 1.29 is 18.3 Å². The van der Waals surface area contributed by atoms with E-state index >= 15 is 0 Å². The van der Waals surface area contributed by atoms with Gasteiger partial charge in [0.15, 0.2) is 0 Å².